The van der Waals surface area contributed by atoms with Crippen molar-refractivity contribution in [3.8, 4) is 0 Å². The Balaban J connectivity index is 3.29. The Morgan fingerprint density at radius 1 is 1.67 bits per heavy atom. The first kappa shape index (κ1) is 11.8. The maximum atomic E-state index is 12.5. The average molecular weight is 281 g/mol. The van der Waals surface area contributed by atoms with E-state index in [1.165, 1.54) is 0 Å². The Bertz CT molecular complexity index is 398. The lowest BCUT2D eigenvalue weighted by atomic mass is 10.2. The molecule has 0 spiro atoms. The van der Waals surface area contributed by atoms with Gasteiger partial charge in [0.2, 0.25) is 0 Å². The summed E-state index contributed by atoms with van der Waals surface area (Å²) in [5.41, 5.74) is 4.51. The van der Waals surface area contributed by atoms with Crippen molar-refractivity contribution < 1.29 is 18.3 Å². The van der Waals surface area contributed by atoms with Gasteiger partial charge in [0.25, 0.3) is 6.43 Å². The third-order valence-electron chi connectivity index (χ3n) is 1.67. The summed E-state index contributed by atoms with van der Waals surface area (Å²) in [5, 5.41) is 0. The van der Waals surface area contributed by atoms with Gasteiger partial charge in [-0.3, -0.25) is 0 Å². The minimum absolute atomic E-state index is 0.000648. The molecule has 0 fully saturated rings. The molecule has 0 saturated carbocycles. The molecule has 4 nitrogen and oxygen atoms in total. The smallest absolute Gasteiger partial charge is 0.356 e. The Morgan fingerprint density at radius 2 is 2.27 bits per heavy atom. The number of nitrogen functional groups attached to an aromatic ring is 1. The molecule has 1 heterocycles. The summed E-state index contributed by atoms with van der Waals surface area (Å²) in [7, 11) is 1.14. The molecular weight excluding hydrogens is 274 g/mol. The number of anilines is 1. The molecule has 1 aromatic heterocycles. The lowest BCUT2D eigenvalue weighted by molar-refractivity contribution is 0.0593. The van der Waals surface area contributed by atoms with Crippen LogP contribution < -0.4 is 5.73 Å². The zero-order valence-electron chi connectivity index (χ0n) is 7.63. The van der Waals surface area contributed by atoms with E-state index in [2.05, 4.69) is 25.7 Å². The Labute approximate surface area is 92.6 Å². The van der Waals surface area contributed by atoms with Gasteiger partial charge in [-0.25, -0.2) is 18.6 Å². The van der Waals surface area contributed by atoms with Crippen LogP contribution in [0.15, 0.2) is 10.7 Å². The molecule has 0 atom stereocenters. The molecule has 7 heteroatoms. The first-order valence-electron chi connectivity index (χ1n) is 3.79. The van der Waals surface area contributed by atoms with E-state index >= 15 is 0 Å². The van der Waals surface area contributed by atoms with Crippen molar-refractivity contribution in [2.75, 3.05) is 12.8 Å². The van der Waals surface area contributed by atoms with Gasteiger partial charge in [0.05, 0.1) is 12.8 Å². The summed E-state index contributed by atoms with van der Waals surface area (Å²) >= 11 is 2.89. The summed E-state index contributed by atoms with van der Waals surface area (Å²) < 4.78 is 29.3. The van der Waals surface area contributed by atoms with Crippen LogP contribution in [0.3, 0.4) is 0 Å². The number of aromatic nitrogens is 1. The van der Waals surface area contributed by atoms with E-state index in [1.54, 1.807) is 0 Å². The van der Waals surface area contributed by atoms with Crippen LogP contribution in [0.25, 0.3) is 0 Å². The molecule has 0 amide bonds. The van der Waals surface area contributed by atoms with Crippen molar-refractivity contribution in [3.63, 3.8) is 0 Å². The minimum atomic E-state index is -2.77. The maximum Gasteiger partial charge on any atom is 0.356 e. The highest BCUT2D eigenvalue weighted by molar-refractivity contribution is 9.10. The third-order valence-corrected chi connectivity index (χ3v) is 2.28. The van der Waals surface area contributed by atoms with Gasteiger partial charge in [-0.05, 0) is 22.0 Å². The summed E-state index contributed by atoms with van der Waals surface area (Å²) in [6.07, 6.45) is -2.77. The lowest BCUT2D eigenvalue weighted by Gasteiger charge is -2.07. The van der Waals surface area contributed by atoms with Crippen molar-refractivity contribution in [1.82, 2.24) is 4.98 Å². The predicted octanol–water partition coefficient (Wildman–Crippen LogP) is 2.15. The number of hydrogen-bond acceptors (Lipinski definition) is 4. The van der Waals surface area contributed by atoms with Gasteiger partial charge in [0.1, 0.15) is 10.3 Å². The van der Waals surface area contributed by atoms with Crippen molar-refractivity contribution >= 4 is 27.6 Å². The maximum absolute atomic E-state index is 12.5. The molecular formula is C8H7BrF2N2O2. The molecule has 0 aliphatic rings. The number of methoxy groups -OCH3 is 1. The molecule has 1 rings (SSSR count). The van der Waals surface area contributed by atoms with E-state index in [9.17, 15) is 13.6 Å². The second kappa shape index (κ2) is 4.52. The highest BCUT2D eigenvalue weighted by atomic mass is 79.9. The number of hydrogen-bond donors (Lipinski definition) is 1. The minimum Gasteiger partial charge on any atom is -0.464 e. The van der Waals surface area contributed by atoms with E-state index in [0.717, 1.165) is 13.2 Å². The monoisotopic (exact) mass is 280 g/mol. The second-order valence-electron chi connectivity index (χ2n) is 2.59. The van der Waals surface area contributed by atoms with Crippen LogP contribution in [0.5, 0.6) is 0 Å². The number of pyridine rings is 1. The van der Waals surface area contributed by atoms with Crippen LogP contribution in [0, 0.1) is 0 Å². The fourth-order valence-electron chi connectivity index (χ4n) is 0.932. The molecule has 2 N–H and O–H groups in total. The number of rotatable bonds is 2. The van der Waals surface area contributed by atoms with Gasteiger partial charge < -0.3 is 10.5 Å². The molecule has 0 aliphatic carbocycles. The highest BCUT2D eigenvalue weighted by Gasteiger charge is 2.19. The number of carbonyl (C=O) groups is 1. The molecule has 0 bridgehead atoms. The van der Waals surface area contributed by atoms with Crippen LogP contribution in [-0.2, 0) is 4.74 Å². The first-order chi connectivity index (χ1) is 6.97. The van der Waals surface area contributed by atoms with Crippen molar-refractivity contribution in [3.05, 3.63) is 21.9 Å². The van der Waals surface area contributed by atoms with Crippen molar-refractivity contribution in [2.45, 2.75) is 6.43 Å². The van der Waals surface area contributed by atoms with Gasteiger partial charge in [-0.2, -0.15) is 0 Å². The number of halogens is 3. The number of nitrogens with zero attached hydrogens (tertiary/aromatic N) is 1. The standard InChI is InChI=1S/C8H7BrF2N2O2/c1-15-8(14)4-2-3(7(10)11)5(12)6(9)13-4/h2,7H,12H2,1H3. The molecule has 0 unspecified atom stereocenters. The van der Waals surface area contributed by atoms with E-state index in [0.29, 0.717) is 0 Å². The van der Waals surface area contributed by atoms with E-state index in [-0.39, 0.29) is 16.0 Å². The number of esters is 1. The molecule has 1 aromatic rings. The Kier molecular flexibility index (Phi) is 3.57. The molecule has 82 valence electrons. The highest BCUT2D eigenvalue weighted by Crippen LogP contribution is 2.30. The first-order valence-corrected chi connectivity index (χ1v) is 4.59. The summed E-state index contributed by atoms with van der Waals surface area (Å²) in [6.45, 7) is 0. The van der Waals surface area contributed by atoms with Gasteiger partial charge in [-0.15, -0.1) is 0 Å². The van der Waals surface area contributed by atoms with Gasteiger partial charge in [0.15, 0.2) is 0 Å². The summed E-state index contributed by atoms with van der Waals surface area (Å²) in [6, 6.07) is 0.913. The van der Waals surface area contributed by atoms with Gasteiger partial charge in [0, 0.05) is 5.56 Å². The molecule has 0 saturated heterocycles. The normalized spacial score (nSPS) is 10.5. The van der Waals surface area contributed by atoms with Crippen LogP contribution in [0.1, 0.15) is 22.5 Å². The fraction of sp³-hybridized carbons (Fsp3) is 0.250. The molecule has 0 aromatic carbocycles. The third kappa shape index (κ3) is 2.41. The average Bonchev–Trinajstić information content (AvgIpc) is 2.20. The van der Waals surface area contributed by atoms with Gasteiger partial charge in [-0.1, -0.05) is 0 Å². The number of ether oxygens (including phenoxy) is 1. The number of carbonyl (C=O) groups excluding carboxylic acids is 1. The van der Waals surface area contributed by atoms with E-state index in [1.807, 2.05) is 0 Å². The fourth-order valence-corrected chi connectivity index (χ4v) is 1.35. The quantitative estimate of drug-likeness (QED) is 0.666. The summed E-state index contributed by atoms with van der Waals surface area (Å²) in [4.78, 5) is 14.7. The largest absolute Gasteiger partial charge is 0.464 e. The SMILES string of the molecule is COC(=O)c1cc(C(F)F)c(N)c(Br)n1. The Morgan fingerprint density at radius 3 is 2.73 bits per heavy atom. The topological polar surface area (TPSA) is 65.2 Å². The Hall–Kier alpha value is -1.24. The summed E-state index contributed by atoms with van der Waals surface area (Å²) in [5.74, 6) is -0.794. The zero-order valence-corrected chi connectivity index (χ0v) is 9.22. The van der Waals surface area contributed by atoms with Crippen molar-refractivity contribution in [2.24, 2.45) is 0 Å². The predicted molar refractivity (Wildman–Crippen MR) is 52.6 cm³/mol. The van der Waals surface area contributed by atoms with Gasteiger partial charge >= 0.3 is 5.97 Å². The molecule has 0 radical (unpaired) electrons. The molecule has 15 heavy (non-hydrogen) atoms. The van der Waals surface area contributed by atoms with Crippen LogP contribution >= 0.6 is 15.9 Å². The van der Waals surface area contributed by atoms with Crippen LogP contribution in [0.4, 0.5) is 14.5 Å². The van der Waals surface area contributed by atoms with E-state index in [4.69, 9.17) is 5.73 Å². The number of alkyl halides is 2. The second-order valence-corrected chi connectivity index (χ2v) is 3.34. The van der Waals surface area contributed by atoms with Crippen LogP contribution in [-0.4, -0.2) is 18.1 Å². The lowest BCUT2D eigenvalue weighted by Crippen LogP contribution is -2.08. The zero-order chi connectivity index (χ0) is 11.6. The van der Waals surface area contributed by atoms with Crippen LogP contribution in [0.2, 0.25) is 0 Å². The number of nitrogens with two attached hydrogens (primary N) is 1. The van der Waals surface area contributed by atoms with E-state index < -0.39 is 18.0 Å². The van der Waals surface area contributed by atoms with Crippen molar-refractivity contribution in [1.29, 1.82) is 0 Å². The molecule has 0 aliphatic heterocycles.